The Balaban J connectivity index is 0.000000138. The number of aromatic hydroxyl groups is 1. The number of phenols is 1. The summed E-state index contributed by atoms with van der Waals surface area (Å²) in [6.45, 7) is 19.5. The van der Waals surface area contributed by atoms with E-state index in [2.05, 4.69) is 19.1 Å². The molecule has 7 aliphatic carbocycles. The maximum absolute atomic E-state index is 12.7. The van der Waals surface area contributed by atoms with Gasteiger partial charge >= 0.3 is 0 Å². The summed E-state index contributed by atoms with van der Waals surface area (Å²) < 4.78 is 0. The van der Waals surface area contributed by atoms with Gasteiger partial charge in [0.25, 0.3) is 0 Å². The zero-order valence-corrected chi connectivity index (χ0v) is 83.9. The van der Waals surface area contributed by atoms with E-state index in [1.54, 1.807) is 240 Å². The van der Waals surface area contributed by atoms with E-state index in [1.165, 1.54) is 38.0 Å². The van der Waals surface area contributed by atoms with Gasteiger partial charge in [0.2, 0.25) is 0 Å². The van der Waals surface area contributed by atoms with E-state index in [9.17, 15) is 86.6 Å². The van der Waals surface area contributed by atoms with Crippen LogP contribution in [0.5, 0.6) is 5.75 Å². The number of aryl methyl sites for hydroxylation is 4. The molecule has 0 aromatic heterocycles. The Kier molecular flexibility index (Phi) is 33.7. The van der Waals surface area contributed by atoms with Crippen molar-refractivity contribution in [1.82, 2.24) is 0 Å². The van der Waals surface area contributed by atoms with E-state index in [1.807, 2.05) is 142 Å². The van der Waals surface area contributed by atoms with Crippen LogP contribution in [0, 0.1) is 20.8 Å². The highest BCUT2D eigenvalue weighted by Crippen LogP contribution is 2.39. The van der Waals surface area contributed by atoms with Crippen molar-refractivity contribution in [3.63, 3.8) is 0 Å². The number of ketones is 17. The molecule has 1 N–H and O–H groups in total. The normalized spacial score (nSPS) is 14.2. The van der Waals surface area contributed by atoms with Crippen LogP contribution < -0.4 is 0 Å². The van der Waals surface area contributed by atoms with E-state index >= 15 is 0 Å². The Morgan fingerprint density at radius 1 is 0.187 bits per heavy atom. The molecule has 0 saturated carbocycles. The minimum atomic E-state index is -0.402. The van der Waals surface area contributed by atoms with E-state index < -0.39 is 17.3 Å². The van der Waals surface area contributed by atoms with Crippen LogP contribution in [0.1, 0.15) is 283 Å². The Bertz CT molecular complexity index is 8080. The van der Waals surface area contributed by atoms with Crippen molar-refractivity contribution in [2.45, 2.75) is 116 Å². The molecule has 21 rings (SSSR count). The van der Waals surface area contributed by atoms with Crippen molar-refractivity contribution >= 4 is 98.3 Å². The van der Waals surface area contributed by atoms with Crippen molar-refractivity contribution in [3.8, 4) is 5.75 Å². The van der Waals surface area contributed by atoms with Crippen molar-refractivity contribution in [2.24, 2.45) is 0 Å². The zero-order valence-electron chi connectivity index (χ0n) is 83.9. The fourth-order valence-corrected chi connectivity index (χ4v) is 18.5. The molecular formula is C132H106O18. The fraction of sp³-hybridized carbons (Fsp3) is 0.129. The lowest BCUT2D eigenvalue weighted by molar-refractivity contribution is 0.0922. The Morgan fingerprint density at radius 2 is 0.380 bits per heavy atom. The molecule has 0 saturated heterocycles. The number of fused-ring (bicyclic) bond motifs is 7. The largest absolute Gasteiger partial charge is 0.507 e. The number of benzene rings is 14. The number of carbonyl (C=O) groups excluding carboxylic acids is 17. The Labute approximate surface area is 869 Å². The van der Waals surface area contributed by atoms with Gasteiger partial charge in [-0.05, 0) is 110 Å². The van der Waals surface area contributed by atoms with Crippen LogP contribution in [0.3, 0.4) is 0 Å². The van der Waals surface area contributed by atoms with Crippen molar-refractivity contribution in [3.05, 3.63) is 569 Å². The summed E-state index contributed by atoms with van der Waals surface area (Å²) in [5.41, 5.74) is 20.5. The van der Waals surface area contributed by atoms with Crippen LogP contribution >= 0.6 is 0 Å². The third kappa shape index (κ3) is 22.6. The van der Waals surface area contributed by atoms with E-state index in [-0.39, 0.29) is 139 Å². The summed E-state index contributed by atoms with van der Waals surface area (Å²) in [4.78, 5) is 213. The standard InChI is InChI=1S/C20H18O2.2C19H14O3.C19H16O2.C18H12O3.C18H14O3.C18H14O2.CH4/c1-3-14-8-10-15(11-9-14)12-18-13(2)19(21)16-6-4-5-7-17(16)20(18)22;2*1-11-7-9-13(10-8-11)18(21)16-12(2)17(20)14-5-3-4-6-15(14)19(16)22;1-12-7-9-14(10-8-12)11-17-13(2)18(20)15-5-3-4-6-16(15)19(17)21;1-11-15(17(20)12-7-3-2-4-8-12)18(21)14-10-6-5-9-13(14)16(11)19;1-11-14(10-12-6-3-2-4-7-12)18(21)16-13(17(11)20)8-5-9-15(16)19;1-12-16(11-13-7-3-2-4-8-13)18(20)15-10-6-5-9-14(15)17(12)19;/h4-11H,3,12H2,1-2H3;2*3-10H,1-2H3;3-10H,11H2,1-2H3;2-10H,1H3;2-9,19H,10H2,1H3;2-10H,11H2,1H3;1H4. The molecule has 18 heteroatoms. The van der Waals surface area contributed by atoms with Crippen LogP contribution in [0.4, 0.5) is 0 Å². The van der Waals surface area contributed by atoms with Gasteiger partial charge in [-0.15, -0.1) is 0 Å². The molecule has 742 valence electrons. The summed E-state index contributed by atoms with van der Waals surface area (Å²) in [5.74, 6) is -3.86. The Hall–Kier alpha value is -18.6. The smallest absolute Gasteiger partial charge is 0.198 e. The molecule has 0 atom stereocenters. The molecule has 0 spiro atoms. The highest BCUT2D eigenvalue weighted by molar-refractivity contribution is 6.42. The molecular weight excluding hydrogens is 1870 g/mol. The predicted molar refractivity (Wildman–Crippen MR) is 580 cm³/mol. The minimum absolute atomic E-state index is 0. The van der Waals surface area contributed by atoms with Crippen LogP contribution in [0.2, 0.25) is 0 Å². The predicted octanol–water partition coefficient (Wildman–Crippen LogP) is 26.1. The molecule has 14 aromatic carbocycles. The third-order valence-electron chi connectivity index (χ3n) is 27.2. The second-order valence-electron chi connectivity index (χ2n) is 36.9. The quantitative estimate of drug-likeness (QED) is 0.0736. The van der Waals surface area contributed by atoms with E-state index in [0.29, 0.717) is 154 Å². The minimum Gasteiger partial charge on any atom is -0.507 e. The van der Waals surface area contributed by atoms with Crippen LogP contribution in [0.15, 0.2) is 430 Å². The van der Waals surface area contributed by atoms with Gasteiger partial charge in [-0.3, -0.25) is 81.5 Å². The first-order valence-electron chi connectivity index (χ1n) is 48.6. The lowest BCUT2D eigenvalue weighted by atomic mass is 9.81. The Morgan fingerprint density at radius 3 is 0.653 bits per heavy atom. The first kappa shape index (κ1) is 107. The molecule has 0 heterocycles. The van der Waals surface area contributed by atoms with Crippen molar-refractivity contribution in [2.75, 3.05) is 0 Å². The average Bonchev–Trinajstić information content (AvgIpc) is 0.767. The molecule has 0 aliphatic heterocycles. The molecule has 0 fully saturated rings. The molecule has 0 unspecified atom stereocenters. The van der Waals surface area contributed by atoms with E-state index in [0.717, 1.165) is 39.8 Å². The topological polar surface area (TPSA) is 310 Å². The van der Waals surface area contributed by atoms with Crippen molar-refractivity contribution < 1.29 is 86.6 Å². The molecule has 14 aromatic rings. The number of phenolic OH excluding ortho intramolecular Hbond substituents is 1. The van der Waals surface area contributed by atoms with Gasteiger partial charge in [0.05, 0.1) is 22.3 Å². The van der Waals surface area contributed by atoms with Crippen molar-refractivity contribution in [1.29, 1.82) is 0 Å². The SMILES string of the molecule is C.CC1=C(C(=O)c2ccc(C)cc2)C(=O)c2ccccc2C1=O.CC1=C(C(=O)c2ccc(C)cc2)C(=O)c2ccccc2C1=O.CC1=C(C(=O)c2ccccc2)C(=O)c2ccccc2C1=O.CC1=C(Cc2ccc(C)cc2)C(=O)c2ccccc2C1=O.CC1=C(Cc2ccccc2)C(=O)c2c(O)cccc2C1=O.CC1=C(Cc2ccccc2)C(=O)c2ccccc2C1=O.CCc1ccc(CC2=C(C)C(=O)c3ccccc3C2=O)cc1. The van der Waals surface area contributed by atoms with E-state index in [4.69, 9.17) is 0 Å². The fourth-order valence-electron chi connectivity index (χ4n) is 18.5. The van der Waals surface area contributed by atoms with Crippen LogP contribution in [-0.2, 0) is 32.1 Å². The molecule has 7 aliphatic rings. The maximum atomic E-state index is 12.7. The number of carbonyl (C=O) groups is 17. The summed E-state index contributed by atoms with van der Waals surface area (Å²) in [7, 11) is 0. The number of hydrogen-bond donors (Lipinski definition) is 1. The van der Waals surface area contributed by atoms with Gasteiger partial charge in [0.15, 0.2) is 98.3 Å². The molecule has 0 bridgehead atoms. The molecule has 18 nitrogen and oxygen atoms in total. The monoisotopic (exact) mass is 1980 g/mol. The third-order valence-corrected chi connectivity index (χ3v) is 27.2. The van der Waals surface area contributed by atoms with Gasteiger partial charge in [-0.25, -0.2) is 0 Å². The van der Waals surface area contributed by atoms with Gasteiger partial charge in [0, 0.05) is 176 Å². The second-order valence-corrected chi connectivity index (χ2v) is 36.9. The lowest BCUT2D eigenvalue weighted by Gasteiger charge is -2.19. The summed E-state index contributed by atoms with van der Waals surface area (Å²) >= 11 is 0. The lowest BCUT2D eigenvalue weighted by Crippen LogP contribution is -2.25. The van der Waals surface area contributed by atoms with Gasteiger partial charge in [-0.1, -0.05) is 377 Å². The maximum Gasteiger partial charge on any atom is 0.198 e. The first-order chi connectivity index (χ1) is 71.6. The highest BCUT2D eigenvalue weighted by atomic mass is 16.3. The number of Topliss-reactive ketones (excluding diaryl/α,β-unsaturated/α-hetero) is 17. The van der Waals surface area contributed by atoms with Gasteiger partial charge in [0.1, 0.15) is 5.75 Å². The summed E-state index contributed by atoms with van der Waals surface area (Å²) in [6.07, 6.45) is 2.91. The summed E-state index contributed by atoms with van der Waals surface area (Å²) in [6, 6.07) is 104. The number of allylic oxidation sites excluding steroid dienone is 14. The number of hydrogen-bond acceptors (Lipinski definition) is 18. The van der Waals surface area contributed by atoms with Crippen LogP contribution in [-0.4, -0.2) is 103 Å². The summed E-state index contributed by atoms with van der Waals surface area (Å²) in [5, 5.41) is 9.92. The molecule has 150 heavy (non-hydrogen) atoms. The molecule has 0 amide bonds. The van der Waals surface area contributed by atoms with Gasteiger partial charge in [-0.2, -0.15) is 0 Å². The average molecular weight is 1980 g/mol. The zero-order chi connectivity index (χ0) is 106. The van der Waals surface area contributed by atoms with Gasteiger partial charge < -0.3 is 5.11 Å². The highest BCUT2D eigenvalue weighted by Gasteiger charge is 2.40. The first-order valence-corrected chi connectivity index (χ1v) is 48.6. The molecule has 0 radical (unpaired) electrons. The second kappa shape index (κ2) is 47.1. The number of rotatable bonds is 15. The van der Waals surface area contributed by atoms with Crippen LogP contribution in [0.25, 0.3) is 0 Å².